The standard InChI is InChI=1S/C23H31N7O3/c1-12-7-9-15(10-8-12)11-30-17-18(24-13(2)16-5-4-6-16)25-20(21-28-23(32)33-29-21)26-19(17)27-22(30)14(3)31/h12-13,15-16H,4-11H2,1-3H3,(H,24,25,26)(H,28,29,32)/t12-,13-,15-/m1/s1. The van der Waals surface area contributed by atoms with Crippen LogP contribution in [0.3, 0.4) is 0 Å². The van der Waals surface area contributed by atoms with Gasteiger partial charge in [-0.25, -0.2) is 19.7 Å². The molecule has 176 valence electrons. The van der Waals surface area contributed by atoms with E-state index in [9.17, 15) is 9.59 Å². The SMILES string of the molecule is CC(=O)c1nc2nc(-c3nc(=O)o[nH]3)nc(N[C@H](C)C3CCC3)c2n1C[C@H]1CC[C@H](C)CC1. The highest BCUT2D eigenvalue weighted by Gasteiger charge is 2.29. The molecule has 2 saturated carbocycles. The number of ketones is 1. The molecular weight excluding hydrogens is 422 g/mol. The molecular formula is C23H31N7O3. The van der Waals surface area contributed by atoms with Gasteiger partial charge in [0.15, 0.2) is 23.1 Å². The lowest BCUT2D eigenvalue weighted by molar-refractivity contribution is 0.0998. The van der Waals surface area contributed by atoms with Gasteiger partial charge in [0.2, 0.25) is 11.6 Å². The first-order valence-electron chi connectivity index (χ1n) is 12.0. The summed E-state index contributed by atoms with van der Waals surface area (Å²) in [4.78, 5) is 41.7. The number of rotatable bonds is 7. The largest absolute Gasteiger partial charge is 0.460 e. The van der Waals surface area contributed by atoms with E-state index in [0.29, 0.717) is 35.7 Å². The van der Waals surface area contributed by atoms with Crippen LogP contribution in [0.4, 0.5) is 5.82 Å². The lowest BCUT2D eigenvalue weighted by Crippen LogP contribution is -2.31. The second-order valence-corrected chi connectivity index (χ2v) is 9.85. The second kappa shape index (κ2) is 8.72. The molecule has 0 radical (unpaired) electrons. The number of hydrogen-bond donors (Lipinski definition) is 2. The normalized spacial score (nSPS) is 22.3. The predicted octanol–water partition coefficient (Wildman–Crippen LogP) is 3.80. The minimum Gasteiger partial charge on any atom is -0.365 e. The maximum atomic E-state index is 12.6. The van der Waals surface area contributed by atoms with Gasteiger partial charge in [0.05, 0.1) is 0 Å². The fourth-order valence-electron chi connectivity index (χ4n) is 5.06. The van der Waals surface area contributed by atoms with E-state index in [-0.39, 0.29) is 23.5 Å². The van der Waals surface area contributed by atoms with E-state index in [4.69, 9.17) is 9.51 Å². The summed E-state index contributed by atoms with van der Waals surface area (Å²) in [6.07, 6.45) is 8.30. The Hall–Kier alpha value is -3.04. The molecule has 2 N–H and O–H groups in total. The number of fused-ring (bicyclic) bond motifs is 1. The van der Waals surface area contributed by atoms with Crippen molar-refractivity contribution in [1.29, 1.82) is 0 Å². The number of H-pyrrole nitrogens is 1. The Labute approximate surface area is 191 Å². The van der Waals surface area contributed by atoms with E-state index in [1.807, 2.05) is 4.57 Å². The summed E-state index contributed by atoms with van der Waals surface area (Å²) in [5.74, 6) is 2.33. The monoisotopic (exact) mass is 453 g/mol. The van der Waals surface area contributed by atoms with Gasteiger partial charge in [-0.05, 0) is 50.4 Å². The highest BCUT2D eigenvalue weighted by atomic mass is 16.5. The van der Waals surface area contributed by atoms with Crippen molar-refractivity contribution >= 4 is 22.8 Å². The predicted molar refractivity (Wildman–Crippen MR) is 123 cm³/mol. The van der Waals surface area contributed by atoms with Gasteiger partial charge in [-0.15, -0.1) is 4.98 Å². The number of nitrogens with zero attached hydrogens (tertiary/aromatic N) is 5. The minimum atomic E-state index is -0.743. The van der Waals surface area contributed by atoms with Gasteiger partial charge in [0.1, 0.15) is 5.52 Å². The maximum Gasteiger partial charge on any atom is 0.460 e. The van der Waals surface area contributed by atoms with Crippen LogP contribution in [0.2, 0.25) is 0 Å². The molecule has 0 unspecified atom stereocenters. The number of hydrogen-bond acceptors (Lipinski definition) is 8. The van der Waals surface area contributed by atoms with Crippen LogP contribution in [0, 0.1) is 17.8 Å². The van der Waals surface area contributed by atoms with Crippen LogP contribution >= 0.6 is 0 Å². The molecule has 2 aliphatic rings. The molecule has 0 saturated heterocycles. The quantitative estimate of drug-likeness (QED) is 0.516. The first kappa shape index (κ1) is 21.8. The average molecular weight is 454 g/mol. The van der Waals surface area contributed by atoms with Gasteiger partial charge < -0.3 is 14.4 Å². The van der Waals surface area contributed by atoms with Crippen molar-refractivity contribution < 1.29 is 9.32 Å². The van der Waals surface area contributed by atoms with E-state index in [1.54, 1.807) is 0 Å². The molecule has 3 aromatic rings. The van der Waals surface area contributed by atoms with E-state index in [0.717, 1.165) is 24.3 Å². The van der Waals surface area contributed by atoms with Crippen molar-refractivity contribution in [2.75, 3.05) is 5.32 Å². The third-order valence-corrected chi connectivity index (χ3v) is 7.37. The Kier molecular flexibility index (Phi) is 5.76. The topological polar surface area (TPSA) is 132 Å². The molecule has 2 aliphatic carbocycles. The van der Waals surface area contributed by atoms with E-state index >= 15 is 0 Å². The fourth-order valence-corrected chi connectivity index (χ4v) is 5.06. The molecule has 5 rings (SSSR count). The third kappa shape index (κ3) is 4.30. The molecule has 0 aliphatic heterocycles. The van der Waals surface area contributed by atoms with Gasteiger partial charge in [0, 0.05) is 19.5 Å². The van der Waals surface area contributed by atoms with Crippen LogP contribution in [0.25, 0.3) is 22.8 Å². The minimum absolute atomic E-state index is 0.105. The van der Waals surface area contributed by atoms with Gasteiger partial charge in [0.25, 0.3) is 0 Å². The number of anilines is 1. The Morgan fingerprint density at radius 2 is 1.91 bits per heavy atom. The first-order valence-corrected chi connectivity index (χ1v) is 12.0. The van der Waals surface area contributed by atoms with Crippen LogP contribution < -0.4 is 11.1 Å². The van der Waals surface area contributed by atoms with Gasteiger partial charge >= 0.3 is 5.76 Å². The van der Waals surface area contributed by atoms with Crippen molar-refractivity contribution in [2.24, 2.45) is 17.8 Å². The van der Waals surface area contributed by atoms with Gasteiger partial charge in [-0.1, -0.05) is 26.2 Å². The molecule has 2 fully saturated rings. The lowest BCUT2D eigenvalue weighted by atomic mass is 9.80. The van der Waals surface area contributed by atoms with E-state index in [1.165, 1.54) is 39.0 Å². The highest BCUT2D eigenvalue weighted by Crippen LogP contribution is 2.35. The number of imidazole rings is 1. The molecule has 10 heteroatoms. The van der Waals surface area contributed by atoms with E-state index in [2.05, 4.69) is 39.3 Å². The molecule has 3 aromatic heterocycles. The number of Topliss-reactive ketones (excluding diaryl/α,β-unsaturated/α-hetero) is 1. The van der Waals surface area contributed by atoms with Crippen molar-refractivity contribution in [3.63, 3.8) is 0 Å². The molecule has 1 atom stereocenters. The summed E-state index contributed by atoms with van der Waals surface area (Å²) < 4.78 is 6.72. The Bertz CT molecular complexity index is 1210. The van der Waals surface area contributed by atoms with Gasteiger partial charge in [-0.2, -0.15) is 5.16 Å². The number of carbonyl (C=O) groups excluding carboxylic acids is 1. The number of aromatic amines is 1. The molecule has 0 bridgehead atoms. The van der Waals surface area contributed by atoms with Gasteiger partial charge in [-0.3, -0.25) is 4.79 Å². The van der Waals surface area contributed by atoms with Crippen molar-refractivity contribution in [3.05, 3.63) is 16.4 Å². The summed E-state index contributed by atoms with van der Waals surface area (Å²) in [6, 6.07) is 0.209. The zero-order chi connectivity index (χ0) is 23.1. The zero-order valence-electron chi connectivity index (χ0n) is 19.4. The summed E-state index contributed by atoms with van der Waals surface area (Å²) in [7, 11) is 0. The summed E-state index contributed by atoms with van der Waals surface area (Å²) in [5, 5.41) is 6.04. The van der Waals surface area contributed by atoms with Crippen LogP contribution in [0.5, 0.6) is 0 Å². The fraction of sp³-hybridized carbons (Fsp3) is 0.652. The summed E-state index contributed by atoms with van der Waals surface area (Å²) in [6.45, 7) is 6.71. The Balaban J connectivity index is 1.61. The Morgan fingerprint density at radius 3 is 2.52 bits per heavy atom. The third-order valence-electron chi connectivity index (χ3n) is 7.37. The second-order valence-electron chi connectivity index (χ2n) is 9.85. The van der Waals surface area contributed by atoms with Crippen LogP contribution in [0.1, 0.15) is 76.3 Å². The molecule has 0 aromatic carbocycles. The number of nitrogens with one attached hydrogen (secondary N) is 2. The Morgan fingerprint density at radius 1 is 1.15 bits per heavy atom. The van der Waals surface area contributed by atoms with Crippen molar-refractivity contribution in [2.45, 2.75) is 78.3 Å². The zero-order valence-corrected chi connectivity index (χ0v) is 19.4. The summed E-state index contributed by atoms with van der Waals surface area (Å²) >= 11 is 0. The summed E-state index contributed by atoms with van der Waals surface area (Å²) in [5.41, 5.74) is 1.15. The average Bonchev–Trinajstić information content (AvgIpc) is 3.32. The van der Waals surface area contributed by atoms with Crippen LogP contribution in [-0.2, 0) is 6.54 Å². The van der Waals surface area contributed by atoms with E-state index < -0.39 is 5.76 Å². The maximum absolute atomic E-state index is 12.6. The smallest absolute Gasteiger partial charge is 0.365 e. The van der Waals surface area contributed by atoms with Crippen LogP contribution in [0.15, 0.2) is 9.32 Å². The molecule has 3 heterocycles. The molecule has 10 nitrogen and oxygen atoms in total. The molecule has 0 spiro atoms. The number of aromatic nitrogens is 6. The first-order chi connectivity index (χ1) is 15.9. The van der Waals surface area contributed by atoms with Crippen molar-refractivity contribution in [1.82, 2.24) is 29.7 Å². The highest BCUT2D eigenvalue weighted by molar-refractivity contribution is 5.96. The van der Waals surface area contributed by atoms with Crippen molar-refractivity contribution in [3.8, 4) is 11.6 Å². The van der Waals surface area contributed by atoms with Crippen LogP contribution in [-0.4, -0.2) is 41.5 Å². The lowest BCUT2D eigenvalue weighted by Gasteiger charge is -2.32. The molecule has 33 heavy (non-hydrogen) atoms. The molecule has 0 amide bonds. The number of carbonyl (C=O) groups is 1.